The standard InChI is InChI=1S/C24H23N3O/c1-16-11-12-27-21(15-23(28)25-20-7-5-4-6-8-20)24(26-22(27)13-16)19-10-9-17(2)18(3)14-19/h4-14H,15H2,1-3H3,(H,25,28). The number of carbonyl (C=O) groups excluding carboxylic acids is 1. The van der Waals surface area contributed by atoms with Crippen LogP contribution in [0.25, 0.3) is 16.9 Å². The fourth-order valence-electron chi connectivity index (χ4n) is 3.36. The highest BCUT2D eigenvalue weighted by molar-refractivity contribution is 5.93. The monoisotopic (exact) mass is 369 g/mol. The lowest BCUT2D eigenvalue weighted by molar-refractivity contribution is -0.115. The third-order valence-electron chi connectivity index (χ3n) is 5.05. The number of hydrogen-bond acceptors (Lipinski definition) is 2. The highest BCUT2D eigenvalue weighted by Crippen LogP contribution is 2.27. The number of aromatic nitrogens is 2. The zero-order chi connectivity index (χ0) is 19.7. The third-order valence-corrected chi connectivity index (χ3v) is 5.05. The molecule has 0 fully saturated rings. The van der Waals surface area contributed by atoms with Crippen molar-refractivity contribution in [1.82, 2.24) is 9.38 Å². The van der Waals surface area contributed by atoms with Crippen LogP contribution in [0.1, 0.15) is 22.4 Å². The van der Waals surface area contributed by atoms with E-state index in [1.165, 1.54) is 11.1 Å². The maximum absolute atomic E-state index is 12.7. The van der Waals surface area contributed by atoms with Gasteiger partial charge in [0.2, 0.25) is 5.91 Å². The molecule has 0 spiro atoms. The number of aryl methyl sites for hydroxylation is 3. The average Bonchev–Trinajstić information content (AvgIpc) is 3.02. The maximum Gasteiger partial charge on any atom is 0.230 e. The molecule has 140 valence electrons. The van der Waals surface area contributed by atoms with Crippen LogP contribution in [-0.4, -0.2) is 15.3 Å². The van der Waals surface area contributed by atoms with Gasteiger partial charge in [0, 0.05) is 17.4 Å². The number of fused-ring (bicyclic) bond motifs is 1. The van der Waals surface area contributed by atoms with Crippen molar-refractivity contribution in [2.24, 2.45) is 0 Å². The van der Waals surface area contributed by atoms with Crippen LogP contribution in [0, 0.1) is 20.8 Å². The molecule has 28 heavy (non-hydrogen) atoms. The molecule has 4 aromatic rings. The van der Waals surface area contributed by atoms with Crippen LogP contribution in [0.3, 0.4) is 0 Å². The molecular weight excluding hydrogens is 346 g/mol. The summed E-state index contributed by atoms with van der Waals surface area (Å²) in [4.78, 5) is 17.6. The summed E-state index contributed by atoms with van der Waals surface area (Å²) in [5.74, 6) is -0.0568. The van der Waals surface area contributed by atoms with Gasteiger partial charge in [-0.15, -0.1) is 0 Å². The van der Waals surface area contributed by atoms with Gasteiger partial charge in [0.25, 0.3) is 0 Å². The first kappa shape index (κ1) is 18.0. The summed E-state index contributed by atoms with van der Waals surface area (Å²) < 4.78 is 2.02. The molecular formula is C24H23N3O. The van der Waals surface area contributed by atoms with Crippen LogP contribution >= 0.6 is 0 Å². The first-order chi connectivity index (χ1) is 13.5. The Balaban J connectivity index is 1.76. The zero-order valence-electron chi connectivity index (χ0n) is 16.4. The van der Waals surface area contributed by atoms with Gasteiger partial charge >= 0.3 is 0 Å². The van der Waals surface area contributed by atoms with Crippen LogP contribution in [0.15, 0.2) is 66.9 Å². The number of carbonyl (C=O) groups is 1. The Labute approximate surface area is 164 Å². The van der Waals surface area contributed by atoms with E-state index >= 15 is 0 Å². The van der Waals surface area contributed by atoms with E-state index in [0.29, 0.717) is 0 Å². The minimum absolute atomic E-state index is 0.0568. The SMILES string of the molecule is Cc1ccn2c(CC(=O)Nc3ccccc3)c(-c3ccc(C)c(C)c3)nc2c1. The van der Waals surface area contributed by atoms with Crippen LogP contribution in [0.4, 0.5) is 5.69 Å². The normalized spacial score (nSPS) is 11.0. The number of rotatable bonds is 4. The highest BCUT2D eigenvalue weighted by Gasteiger charge is 2.18. The van der Waals surface area contributed by atoms with Crippen molar-refractivity contribution in [1.29, 1.82) is 0 Å². The second-order valence-electron chi connectivity index (χ2n) is 7.23. The molecule has 0 atom stereocenters. The quantitative estimate of drug-likeness (QED) is 0.543. The Morgan fingerprint density at radius 1 is 0.964 bits per heavy atom. The summed E-state index contributed by atoms with van der Waals surface area (Å²) in [6, 6.07) is 19.9. The Morgan fingerprint density at radius 2 is 1.75 bits per heavy atom. The topological polar surface area (TPSA) is 46.4 Å². The van der Waals surface area contributed by atoms with Gasteiger partial charge in [-0.05, 0) is 67.8 Å². The minimum Gasteiger partial charge on any atom is -0.326 e. The summed E-state index contributed by atoms with van der Waals surface area (Å²) >= 11 is 0. The summed E-state index contributed by atoms with van der Waals surface area (Å²) in [6.07, 6.45) is 2.24. The first-order valence-electron chi connectivity index (χ1n) is 9.41. The number of hydrogen-bond donors (Lipinski definition) is 1. The van der Waals surface area contributed by atoms with Crippen LogP contribution in [0.2, 0.25) is 0 Å². The van der Waals surface area contributed by atoms with Crippen molar-refractivity contribution in [2.75, 3.05) is 5.32 Å². The molecule has 0 bridgehead atoms. The molecule has 0 saturated carbocycles. The average molecular weight is 369 g/mol. The molecule has 2 aromatic carbocycles. The van der Waals surface area contributed by atoms with Crippen LogP contribution in [-0.2, 0) is 11.2 Å². The molecule has 0 saturated heterocycles. The van der Waals surface area contributed by atoms with Gasteiger partial charge < -0.3 is 9.72 Å². The zero-order valence-corrected chi connectivity index (χ0v) is 16.4. The van der Waals surface area contributed by atoms with Crippen molar-refractivity contribution in [3.8, 4) is 11.3 Å². The molecule has 1 amide bonds. The van der Waals surface area contributed by atoms with Gasteiger partial charge in [-0.2, -0.15) is 0 Å². The van der Waals surface area contributed by atoms with E-state index in [1.54, 1.807) is 0 Å². The number of pyridine rings is 1. The van der Waals surface area contributed by atoms with E-state index in [1.807, 2.05) is 60.0 Å². The van der Waals surface area contributed by atoms with Gasteiger partial charge in [0.1, 0.15) is 5.65 Å². The van der Waals surface area contributed by atoms with E-state index in [0.717, 1.165) is 33.8 Å². The number of nitrogens with one attached hydrogen (secondary N) is 1. The predicted octanol–water partition coefficient (Wildman–Crippen LogP) is 5.11. The third kappa shape index (κ3) is 3.54. The molecule has 4 rings (SSSR count). The molecule has 4 nitrogen and oxygen atoms in total. The minimum atomic E-state index is -0.0568. The van der Waals surface area contributed by atoms with Gasteiger partial charge in [-0.3, -0.25) is 4.79 Å². The summed E-state index contributed by atoms with van der Waals surface area (Å²) in [6.45, 7) is 6.24. The lowest BCUT2D eigenvalue weighted by atomic mass is 10.0. The van der Waals surface area contributed by atoms with E-state index < -0.39 is 0 Å². The molecule has 2 aromatic heterocycles. The van der Waals surface area contributed by atoms with Crippen molar-refractivity contribution in [2.45, 2.75) is 27.2 Å². The van der Waals surface area contributed by atoms with Crippen molar-refractivity contribution >= 4 is 17.2 Å². The van der Waals surface area contributed by atoms with Gasteiger partial charge in [-0.25, -0.2) is 4.98 Å². The number of para-hydroxylation sites is 1. The smallest absolute Gasteiger partial charge is 0.230 e. The fourth-order valence-corrected chi connectivity index (χ4v) is 3.36. The highest BCUT2D eigenvalue weighted by atomic mass is 16.1. The van der Waals surface area contributed by atoms with E-state index in [-0.39, 0.29) is 12.3 Å². The Kier molecular flexibility index (Phi) is 4.70. The first-order valence-corrected chi connectivity index (χ1v) is 9.41. The fraction of sp³-hybridized carbons (Fsp3) is 0.167. The molecule has 0 aliphatic heterocycles. The molecule has 0 unspecified atom stereocenters. The Bertz CT molecular complexity index is 1160. The van der Waals surface area contributed by atoms with Crippen molar-refractivity contribution in [3.63, 3.8) is 0 Å². The van der Waals surface area contributed by atoms with Gasteiger partial charge in [0.15, 0.2) is 0 Å². The number of anilines is 1. The second-order valence-corrected chi connectivity index (χ2v) is 7.23. The number of amides is 1. The molecule has 4 heteroatoms. The van der Waals surface area contributed by atoms with Crippen molar-refractivity contribution in [3.05, 3.63) is 89.2 Å². The summed E-state index contributed by atoms with van der Waals surface area (Å²) in [5, 5.41) is 2.98. The number of benzene rings is 2. The Morgan fingerprint density at radius 3 is 2.50 bits per heavy atom. The summed E-state index contributed by atoms with van der Waals surface area (Å²) in [5.41, 5.74) is 8.04. The van der Waals surface area contributed by atoms with Gasteiger partial charge in [0.05, 0.1) is 17.8 Å². The lowest BCUT2D eigenvalue weighted by Crippen LogP contribution is -2.16. The molecule has 1 N–H and O–H groups in total. The number of imidazole rings is 1. The Hall–Kier alpha value is -3.40. The van der Waals surface area contributed by atoms with Crippen LogP contribution < -0.4 is 5.32 Å². The molecule has 0 aliphatic carbocycles. The summed E-state index contributed by atoms with van der Waals surface area (Å²) in [7, 11) is 0. The second kappa shape index (κ2) is 7.31. The van der Waals surface area contributed by atoms with E-state index in [9.17, 15) is 4.79 Å². The molecule has 0 radical (unpaired) electrons. The van der Waals surface area contributed by atoms with Crippen LogP contribution in [0.5, 0.6) is 0 Å². The van der Waals surface area contributed by atoms with Gasteiger partial charge in [-0.1, -0.05) is 30.3 Å². The predicted molar refractivity (Wildman–Crippen MR) is 114 cm³/mol. The number of nitrogens with zero attached hydrogens (tertiary/aromatic N) is 2. The van der Waals surface area contributed by atoms with E-state index in [4.69, 9.17) is 4.98 Å². The van der Waals surface area contributed by atoms with E-state index in [2.05, 4.69) is 37.4 Å². The largest absolute Gasteiger partial charge is 0.326 e. The van der Waals surface area contributed by atoms with Crippen molar-refractivity contribution < 1.29 is 4.79 Å². The maximum atomic E-state index is 12.7. The lowest BCUT2D eigenvalue weighted by Gasteiger charge is -2.09. The molecule has 0 aliphatic rings. The molecule has 2 heterocycles.